The van der Waals surface area contributed by atoms with Gasteiger partial charge in [-0.1, -0.05) is 12.1 Å². The molecule has 1 N–H and O–H groups in total. The van der Waals surface area contributed by atoms with Crippen LogP contribution in [0.5, 0.6) is 0 Å². The third-order valence-corrected chi connectivity index (χ3v) is 2.91. The minimum atomic E-state index is -0.401. The Balaban J connectivity index is 2.45. The molecule has 0 bridgehead atoms. The number of benzene rings is 1. The van der Waals surface area contributed by atoms with E-state index in [1.807, 2.05) is 6.07 Å². The molecule has 0 aliphatic heterocycles. The van der Waals surface area contributed by atoms with Crippen molar-refractivity contribution >= 4 is 11.8 Å². The molecule has 16 heavy (non-hydrogen) atoms. The van der Waals surface area contributed by atoms with Gasteiger partial charge in [0.2, 0.25) is 0 Å². The van der Waals surface area contributed by atoms with E-state index in [1.165, 1.54) is 6.07 Å². The fourth-order valence-corrected chi connectivity index (χ4v) is 1.80. The molecular weight excluding hydrogens is 223 g/mol. The largest absolute Gasteiger partial charge is 0.313 e. The molecule has 86 valence electrons. The molecule has 0 aromatic heterocycles. The molecule has 4 heteroatoms. The molecule has 0 atom stereocenters. The standard InChI is InChI=1S/C12H15FN2S/c1-16-7-3-6-15-9-11-5-2-4-10(8-14)12(11)13/h2,4-5,15H,3,6-7,9H2,1H3. The second-order valence-corrected chi connectivity index (χ2v) is 4.40. The summed E-state index contributed by atoms with van der Waals surface area (Å²) >= 11 is 1.80. The predicted octanol–water partition coefficient (Wildman–Crippen LogP) is 2.54. The minimum Gasteiger partial charge on any atom is -0.313 e. The number of hydrogen-bond donors (Lipinski definition) is 1. The van der Waals surface area contributed by atoms with Gasteiger partial charge in [-0.3, -0.25) is 0 Å². The van der Waals surface area contributed by atoms with Crippen molar-refractivity contribution < 1.29 is 4.39 Å². The lowest BCUT2D eigenvalue weighted by molar-refractivity contribution is 0.584. The number of rotatable bonds is 6. The summed E-state index contributed by atoms with van der Waals surface area (Å²) in [6.07, 6.45) is 3.14. The molecular formula is C12H15FN2S. The molecule has 1 aromatic rings. The van der Waals surface area contributed by atoms with Gasteiger partial charge in [-0.2, -0.15) is 17.0 Å². The highest BCUT2D eigenvalue weighted by Crippen LogP contribution is 2.11. The molecule has 0 radical (unpaired) electrons. The van der Waals surface area contributed by atoms with E-state index in [-0.39, 0.29) is 5.56 Å². The second-order valence-electron chi connectivity index (χ2n) is 3.41. The summed E-state index contributed by atoms with van der Waals surface area (Å²) in [7, 11) is 0. The van der Waals surface area contributed by atoms with E-state index in [0.29, 0.717) is 12.1 Å². The van der Waals surface area contributed by atoms with E-state index in [0.717, 1.165) is 18.7 Å². The molecule has 0 aliphatic rings. The zero-order chi connectivity index (χ0) is 11.8. The van der Waals surface area contributed by atoms with Crippen LogP contribution in [0.15, 0.2) is 18.2 Å². The van der Waals surface area contributed by atoms with Crippen molar-refractivity contribution in [2.45, 2.75) is 13.0 Å². The van der Waals surface area contributed by atoms with E-state index in [2.05, 4.69) is 11.6 Å². The summed E-state index contributed by atoms with van der Waals surface area (Å²) in [5.74, 6) is 0.704. The lowest BCUT2D eigenvalue weighted by atomic mass is 10.1. The van der Waals surface area contributed by atoms with Gasteiger partial charge < -0.3 is 5.32 Å². The second kappa shape index (κ2) is 7.26. The number of halogens is 1. The quantitative estimate of drug-likeness (QED) is 0.774. The van der Waals surface area contributed by atoms with E-state index >= 15 is 0 Å². The monoisotopic (exact) mass is 238 g/mol. The third-order valence-electron chi connectivity index (χ3n) is 2.22. The molecule has 1 rings (SSSR count). The fraction of sp³-hybridized carbons (Fsp3) is 0.417. The Labute approximate surface area is 99.9 Å². The maximum Gasteiger partial charge on any atom is 0.145 e. The molecule has 0 aliphatic carbocycles. The highest BCUT2D eigenvalue weighted by molar-refractivity contribution is 7.98. The first-order chi connectivity index (χ1) is 7.79. The van der Waals surface area contributed by atoms with Crippen LogP contribution in [0, 0.1) is 17.1 Å². The van der Waals surface area contributed by atoms with Crippen molar-refractivity contribution in [2.24, 2.45) is 0 Å². The maximum absolute atomic E-state index is 13.6. The summed E-state index contributed by atoms with van der Waals surface area (Å²) in [5, 5.41) is 11.8. The fourth-order valence-electron chi connectivity index (χ4n) is 1.37. The molecule has 0 heterocycles. The Bertz CT molecular complexity index is 374. The molecule has 0 fully saturated rings. The lowest BCUT2D eigenvalue weighted by Crippen LogP contribution is -2.16. The van der Waals surface area contributed by atoms with Gasteiger partial charge >= 0.3 is 0 Å². The van der Waals surface area contributed by atoms with E-state index in [1.54, 1.807) is 23.9 Å². The Morgan fingerprint density at radius 3 is 3.00 bits per heavy atom. The molecule has 2 nitrogen and oxygen atoms in total. The average molecular weight is 238 g/mol. The summed E-state index contributed by atoms with van der Waals surface area (Å²) in [5.41, 5.74) is 0.673. The smallest absolute Gasteiger partial charge is 0.145 e. The zero-order valence-corrected chi connectivity index (χ0v) is 10.1. The molecule has 0 spiro atoms. The maximum atomic E-state index is 13.6. The Hall–Kier alpha value is -1.05. The van der Waals surface area contributed by atoms with Crippen LogP contribution in [0.3, 0.4) is 0 Å². The third kappa shape index (κ3) is 3.84. The van der Waals surface area contributed by atoms with Gasteiger partial charge in [-0.25, -0.2) is 4.39 Å². The van der Waals surface area contributed by atoms with Crippen molar-refractivity contribution in [3.63, 3.8) is 0 Å². The van der Waals surface area contributed by atoms with Gasteiger partial charge in [0.05, 0.1) is 5.56 Å². The van der Waals surface area contributed by atoms with Crippen LogP contribution in [-0.4, -0.2) is 18.6 Å². The number of thioether (sulfide) groups is 1. The predicted molar refractivity (Wildman–Crippen MR) is 65.8 cm³/mol. The van der Waals surface area contributed by atoms with Gasteiger partial charge in [0.15, 0.2) is 0 Å². The SMILES string of the molecule is CSCCCNCc1cccc(C#N)c1F. The Morgan fingerprint density at radius 1 is 1.50 bits per heavy atom. The molecule has 0 unspecified atom stereocenters. The van der Waals surface area contributed by atoms with Crippen LogP contribution in [0.1, 0.15) is 17.5 Å². The van der Waals surface area contributed by atoms with Crippen LogP contribution in [-0.2, 0) is 6.54 Å². The molecule has 0 saturated carbocycles. The van der Waals surface area contributed by atoms with Crippen LogP contribution in [0.4, 0.5) is 4.39 Å². The van der Waals surface area contributed by atoms with Gasteiger partial charge in [-0.15, -0.1) is 0 Å². The number of nitriles is 1. The van der Waals surface area contributed by atoms with Gasteiger partial charge in [0, 0.05) is 12.1 Å². The van der Waals surface area contributed by atoms with Crippen molar-refractivity contribution in [3.8, 4) is 6.07 Å². The summed E-state index contributed by atoms with van der Waals surface area (Å²) < 4.78 is 13.6. The van der Waals surface area contributed by atoms with E-state index < -0.39 is 5.82 Å². The van der Waals surface area contributed by atoms with Crippen LogP contribution in [0.2, 0.25) is 0 Å². The minimum absolute atomic E-state index is 0.114. The number of hydrogen-bond acceptors (Lipinski definition) is 3. The molecule has 1 aromatic carbocycles. The van der Waals surface area contributed by atoms with E-state index in [4.69, 9.17) is 5.26 Å². The van der Waals surface area contributed by atoms with Gasteiger partial charge in [0.25, 0.3) is 0 Å². The van der Waals surface area contributed by atoms with Crippen LogP contribution in [0.25, 0.3) is 0 Å². The lowest BCUT2D eigenvalue weighted by Gasteiger charge is -2.06. The highest BCUT2D eigenvalue weighted by Gasteiger charge is 2.06. The van der Waals surface area contributed by atoms with Crippen LogP contribution >= 0.6 is 11.8 Å². The van der Waals surface area contributed by atoms with Crippen molar-refractivity contribution in [3.05, 3.63) is 35.1 Å². The molecule has 0 amide bonds. The normalized spacial score (nSPS) is 10.1. The highest BCUT2D eigenvalue weighted by atomic mass is 32.2. The van der Waals surface area contributed by atoms with E-state index in [9.17, 15) is 4.39 Å². The van der Waals surface area contributed by atoms with Crippen LogP contribution < -0.4 is 5.32 Å². The van der Waals surface area contributed by atoms with Crippen molar-refractivity contribution in [2.75, 3.05) is 18.6 Å². The molecule has 0 saturated heterocycles. The zero-order valence-electron chi connectivity index (χ0n) is 9.29. The average Bonchev–Trinajstić information content (AvgIpc) is 2.31. The van der Waals surface area contributed by atoms with Gasteiger partial charge in [0.1, 0.15) is 11.9 Å². The van der Waals surface area contributed by atoms with Crippen molar-refractivity contribution in [1.82, 2.24) is 5.32 Å². The van der Waals surface area contributed by atoms with Crippen molar-refractivity contribution in [1.29, 1.82) is 5.26 Å². The summed E-state index contributed by atoms with van der Waals surface area (Å²) in [4.78, 5) is 0. The number of nitrogens with one attached hydrogen (secondary N) is 1. The Kier molecular flexibility index (Phi) is 5.91. The number of nitrogens with zero attached hydrogens (tertiary/aromatic N) is 1. The summed E-state index contributed by atoms with van der Waals surface area (Å²) in [6, 6.07) is 6.75. The first kappa shape index (κ1) is 13.0. The first-order valence-electron chi connectivity index (χ1n) is 5.16. The first-order valence-corrected chi connectivity index (χ1v) is 6.56. The van der Waals surface area contributed by atoms with Gasteiger partial charge in [-0.05, 0) is 31.0 Å². The Morgan fingerprint density at radius 2 is 2.31 bits per heavy atom. The topological polar surface area (TPSA) is 35.8 Å². The summed E-state index contributed by atoms with van der Waals surface area (Å²) in [6.45, 7) is 1.35.